The van der Waals surface area contributed by atoms with Crippen LogP contribution in [0.4, 0.5) is 5.13 Å². The number of nitrogens with one attached hydrogen (secondary N) is 2. The Hall–Kier alpha value is -2.82. The second-order valence-corrected chi connectivity index (χ2v) is 12.1. The zero-order valence-electron chi connectivity index (χ0n) is 18.5. The third kappa shape index (κ3) is 4.84. The van der Waals surface area contributed by atoms with Crippen LogP contribution in [0.25, 0.3) is 32.7 Å². The number of nitrogen functional groups attached to an aromatic ring is 1. The number of hydrogen-bond acceptors (Lipinski definition) is 10. The van der Waals surface area contributed by atoms with Crippen molar-refractivity contribution in [1.82, 2.24) is 30.3 Å². The molecule has 0 saturated carbocycles. The standard InChI is InChI=1S/C19H22N8O4S3/c1-27(2,3)10-9-21-34(30,31)14-8-7-11(12-5-4-6-13-16(12)22-19(20)32-13)15(17(14)33(28)29)18-23-25-26-24-18/h4-8,21H,9-10H2,1-3H3,(H3-,20,22,23,24,25,26,28,29). The third-order valence-electron chi connectivity index (χ3n) is 4.95. The van der Waals surface area contributed by atoms with E-state index >= 15 is 0 Å². The van der Waals surface area contributed by atoms with Crippen molar-refractivity contribution in [1.29, 1.82) is 0 Å². The van der Waals surface area contributed by atoms with Gasteiger partial charge in [-0.25, -0.2) is 18.1 Å². The van der Waals surface area contributed by atoms with Crippen LogP contribution in [0, 0.1) is 0 Å². The van der Waals surface area contributed by atoms with Crippen molar-refractivity contribution in [3.63, 3.8) is 0 Å². The maximum Gasteiger partial charge on any atom is 0.241 e. The first kappa shape index (κ1) is 24.3. The molecular weight excluding hydrogens is 500 g/mol. The highest BCUT2D eigenvalue weighted by Gasteiger charge is 2.28. The number of thiazole rings is 1. The van der Waals surface area contributed by atoms with Gasteiger partial charge >= 0.3 is 0 Å². The summed E-state index contributed by atoms with van der Waals surface area (Å²) in [6.45, 7) is 0.617. The van der Waals surface area contributed by atoms with Gasteiger partial charge in [0.05, 0.1) is 54.2 Å². The number of quaternary nitrogens is 1. The van der Waals surface area contributed by atoms with Crippen molar-refractivity contribution in [3.8, 4) is 22.5 Å². The Morgan fingerprint density at radius 3 is 2.62 bits per heavy atom. The summed E-state index contributed by atoms with van der Waals surface area (Å²) in [6, 6.07) is 8.13. The van der Waals surface area contributed by atoms with Gasteiger partial charge in [0.1, 0.15) is 0 Å². The molecule has 1 atom stereocenters. The van der Waals surface area contributed by atoms with Crippen molar-refractivity contribution in [2.75, 3.05) is 40.0 Å². The number of nitrogens with two attached hydrogens (primary N) is 1. The molecule has 12 nitrogen and oxygen atoms in total. The first-order valence-electron chi connectivity index (χ1n) is 9.93. The van der Waals surface area contributed by atoms with Gasteiger partial charge in [-0.3, -0.25) is 4.21 Å². The Morgan fingerprint density at radius 1 is 1.21 bits per heavy atom. The number of nitrogens with zero attached hydrogens (tertiary/aromatic N) is 5. The summed E-state index contributed by atoms with van der Waals surface area (Å²) in [7, 11) is 1.57. The van der Waals surface area contributed by atoms with E-state index in [-0.39, 0.29) is 17.9 Å². The number of H-pyrrole nitrogens is 1. The molecule has 0 amide bonds. The smallest absolute Gasteiger partial charge is 0.241 e. The van der Waals surface area contributed by atoms with Crippen molar-refractivity contribution in [2.24, 2.45) is 0 Å². The number of likely N-dealkylation sites (N-methyl/N-ethyl adjacent to an activating group) is 1. The molecule has 0 aliphatic rings. The average molecular weight is 523 g/mol. The lowest BCUT2D eigenvalue weighted by atomic mass is 9.98. The molecule has 4 rings (SSSR count). The molecule has 4 N–H and O–H groups in total. The molecule has 2 heterocycles. The molecule has 0 aliphatic carbocycles. The van der Waals surface area contributed by atoms with Crippen LogP contribution in [0.1, 0.15) is 0 Å². The van der Waals surface area contributed by atoms with Crippen LogP contribution >= 0.6 is 11.3 Å². The highest BCUT2D eigenvalue weighted by Crippen LogP contribution is 2.41. The molecule has 2 aromatic heterocycles. The number of tetrazole rings is 1. The van der Waals surface area contributed by atoms with Gasteiger partial charge in [-0.1, -0.05) is 29.5 Å². The first-order valence-corrected chi connectivity index (χ1v) is 13.3. The van der Waals surface area contributed by atoms with E-state index in [4.69, 9.17) is 5.73 Å². The van der Waals surface area contributed by atoms with Crippen molar-refractivity contribution in [2.45, 2.75) is 9.79 Å². The SMILES string of the molecule is C[N+](C)(C)CCNS(=O)(=O)c1ccc(-c2cccc3sc(N)nc23)c(-c2nn[nH]n2)c1S(=O)[O-]. The highest BCUT2D eigenvalue weighted by atomic mass is 32.2. The van der Waals surface area contributed by atoms with Gasteiger partial charge < -0.3 is 14.8 Å². The minimum atomic E-state index is -4.18. The molecule has 0 saturated heterocycles. The van der Waals surface area contributed by atoms with Crippen LogP contribution in [-0.2, 0) is 21.1 Å². The molecule has 0 radical (unpaired) electrons. The van der Waals surface area contributed by atoms with Crippen LogP contribution in [0.5, 0.6) is 0 Å². The number of hydrogen-bond donors (Lipinski definition) is 3. The van der Waals surface area contributed by atoms with Gasteiger partial charge in [-0.2, -0.15) is 5.21 Å². The lowest BCUT2D eigenvalue weighted by molar-refractivity contribution is -0.869. The van der Waals surface area contributed by atoms with Gasteiger partial charge in [0.2, 0.25) is 15.8 Å². The van der Waals surface area contributed by atoms with Crippen LogP contribution in [0.15, 0.2) is 40.1 Å². The molecule has 4 aromatic rings. The Morgan fingerprint density at radius 2 is 1.97 bits per heavy atom. The van der Waals surface area contributed by atoms with E-state index in [1.54, 1.807) is 12.1 Å². The van der Waals surface area contributed by atoms with Gasteiger partial charge in [0.25, 0.3) is 0 Å². The number of para-hydroxylation sites is 1. The summed E-state index contributed by atoms with van der Waals surface area (Å²) in [6.07, 6.45) is 0. The van der Waals surface area contributed by atoms with E-state index in [2.05, 4.69) is 30.3 Å². The second-order valence-electron chi connectivity index (χ2n) is 8.40. The lowest BCUT2D eigenvalue weighted by Gasteiger charge is -2.24. The predicted octanol–water partition coefficient (Wildman–Crippen LogP) is 0.948. The number of fused-ring (bicyclic) bond motifs is 1. The molecule has 0 spiro atoms. The summed E-state index contributed by atoms with van der Waals surface area (Å²) in [5.41, 5.74) is 7.36. The molecule has 0 fully saturated rings. The van der Waals surface area contributed by atoms with Crippen LogP contribution in [0.2, 0.25) is 0 Å². The normalized spacial score (nSPS) is 13.4. The molecule has 15 heteroatoms. The monoisotopic (exact) mass is 522 g/mol. The largest absolute Gasteiger partial charge is 0.768 e. The summed E-state index contributed by atoms with van der Waals surface area (Å²) in [5, 5.41) is 14.0. The number of anilines is 1. The van der Waals surface area contributed by atoms with E-state index in [0.717, 1.165) is 4.70 Å². The predicted molar refractivity (Wildman–Crippen MR) is 128 cm³/mol. The fraction of sp³-hybridized carbons (Fsp3) is 0.263. The summed E-state index contributed by atoms with van der Waals surface area (Å²) in [5.74, 6) is -0.0715. The van der Waals surface area contributed by atoms with Gasteiger partial charge in [-0.15, -0.1) is 10.2 Å². The number of benzene rings is 2. The number of aromatic amines is 1. The van der Waals surface area contributed by atoms with E-state index in [0.29, 0.717) is 32.8 Å². The molecule has 0 aliphatic heterocycles. The minimum Gasteiger partial charge on any atom is -0.768 e. The fourth-order valence-corrected chi connectivity index (χ4v) is 6.43. The lowest BCUT2D eigenvalue weighted by Crippen LogP contribution is -2.42. The minimum absolute atomic E-state index is 0.00404. The zero-order chi connectivity index (χ0) is 24.7. The molecule has 0 bridgehead atoms. The molecular formula is C19H22N8O4S3. The molecule has 2 aromatic carbocycles. The van der Waals surface area contributed by atoms with Crippen molar-refractivity contribution < 1.29 is 21.7 Å². The fourth-order valence-electron chi connectivity index (χ4n) is 3.43. The van der Waals surface area contributed by atoms with Gasteiger partial charge in [-0.05, 0) is 34.0 Å². The maximum absolute atomic E-state index is 13.1. The summed E-state index contributed by atoms with van der Waals surface area (Å²) in [4.78, 5) is 3.50. The Kier molecular flexibility index (Phi) is 6.50. The zero-order valence-corrected chi connectivity index (χ0v) is 20.9. The maximum atomic E-state index is 13.1. The highest BCUT2D eigenvalue weighted by molar-refractivity contribution is 7.90. The first-order chi connectivity index (χ1) is 16.0. The van der Waals surface area contributed by atoms with Crippen LogP contribution < -0.4 is 10.5 Å². The van der Waals surface area contributed by atoms with Crippen LogP contribution in [-0.4, -0.2) is 81.5 Å². The van der Waals surface area contributed by atoms with Crippen LogP contribution in [0.3, 0.4) is 0 Å². The quantitative estimate of drug-likeness (QED) is 0.224. The van der Waals surface area contributed by atoms with E-state index in [1.807, 2.05) is 27.2 Å². The summed E-state index contributed by atoms with van der Waals surface area (Å²) < 4.78 is 55.0. The van der Waals surface area contributed by atoms with E-state index in [1.165, 1.54) is 23.5 Å². The Balaban J connectivity index is 1.95. The van der Waals surface area contributed by atoms with Gasteiger partial charge in [0.15, 0.2) is 5.13 Å². The Bertz CT molecular complexity index is 1480. The van der Waals surface area contributed by atoms with Crippen molar-refractivity contribution >= 4 is 47.8 Å². The molecule has 34 heavy (non-hydrogen) atoms. The topological polar surface area (TPSA) is 180 Å². The number of rotatable bonds is 8. The molecule has 1 unspecified atom stereocenters. The van der Waals surface area contributed by atoms with E-state index < -0.39 is 30.9 Å². The van der Waals surface area contributed by atoms with Gasteiger partial charge in [0, 0.05) is 11.1 Å². The van der Waals surface area contributed by atoms with E-state index in [9.17, 15) is 17.2 Å². The molecule has 180 valence electrons. The number of aromatic nitrogens is 5. The third-order valence-corrected chi connectivity index (χ3v) is 8.19. The summed E-state index contributed by atoms with van der Waals surface area (Å²) >= 11 is -1.67. The number of sulfonamides is 1. The second kappa shape index (κ2) is 9.09. The Labute approximate surface area is 202 Å². The van der Waals surface area contributed by atoms with Crippen molar-refractivity contribution in [3.05, 3.63) is 30.3 Å². The average Bonchev–Trinajstić information content (AvgIpc) is 3.40.